The minimum atomic E-state index is -0.311. The van der Waals surface area contributed by atoms with Gasteiger partial charge in [0.05, 0.1) is 24.3 Å². The second kappa shape index (κ2) is 7.31. The van der Waals surface area contributed by atoms with Crippen LogP contribution in [0.15, 0.2) is 35.7 Å². The number of hydrogen-bond acceptors (Lipinski definition) is 7. The predicted octanol–water partition coefficient (Wildman–Crippen LogP) is 1.35. The highest BCUT2D eigenvalue weighted by molar-refractivity contribution is 5.43. The van der Waals surface area contributed by atoms with E-state index in [2.05, 4.69) is 16.9 Å². The van der Waals surface area contributed by atoms with Gasteiger partial charge in [-0.25, -0.2) is 10.9 Å². The van der Waals surface area contributed by atoms with Crippen LogP contribution in [-0.4, -0.2) is 32.1 Å². The van der Waals surface area contributed by atoms with E-state index in [1.165, 1.54) is 0 Å². The van der Waals surface area contributed by atoms with Crippen molar-refractivity contribution in [3.63, 3.8) is 0 Å². The van der Waals surface area contributed by atoms with Crippen molar-refractivity contribution in [3.05, 3.63) is 41.3 Å². The Bertz CT molecular complexity index is 681. The molecule has 4 atom stereocenters. The molecule has 25 heavy (non-hydrogen) atoms. The molecule has 4 N–H and O–H groups in total. The van der Waals surface area contributed by atoms with E-state index in [1.807, 2.05) is 38.1 Å². The summed E-state index contributed by atoms with van der Waals surface area (Å²) in [7, 11) is 1.65. The number of nitrogens with zero attached hydrogens (tertiary/aromatic N) is 1. The smallest absolute Gasteiger partial charge is 0.200 e. The number of allylic oxidation sites excluding steroid dienone is 1. The Hall–Kier alpha value is -2.27. The summed E-state index contributed by atoms with van der Waals surface area (Å²) in [6.45, 7) is 4.47. The molecule has 1 aromatic rings. The molecule has 1 aromatic carbocycles. The maximum atomic E-state index is 9.64. The van der Waals surface area contributed by atoms with Gasteiger partial charge in [-0.1, -0.05) is 12.1 Å². The molecule has 134 valence electrons. The standard InChI is InChI=1S/C18H24N4O3/c1-10(2)24-12-6-4-11(5-7-12)15-13(8-19)17(20)25-18-16(15)14(9-23-3)21-22-18/h4-7,10,14-16,18,21-22H,9,20H2,1-3H3. The van der Waals surface area contributed by atoms with Gasteiger partial charge in [-0.3, -0.25) is 0 Å². The molecule has 1 fully saturated rings. The van der Waals surface area contributed by atoms with E-state index >= 15 is 0 Å². The van der Waals surface area contributed by atoms with Crippen LogP contribution in [-0.2, 0) is 9.47 Å². The first-order valence-electron chi connectivity index (χ1n) is 8.38. The number of ether oxygens (including phenoxy) is 3. The number of hydrogen-bond donors (Lipinski definition) is 3. The molecule has 0 bridgehead atoms. The molecule has 2 heterocycles. The number of benzene rings is 1. The van der Waals surface area contributed by atoms with E-state index in [-0.39, 0.29) is 36.1 Å². The van der Waals surface area contributed by atoms with E-state index in [1.54, 1.807) is 7.11 Å². The molecule has 7 nitrogen and oxygen atoms in total. The first kappa shape index (κ1) is 17.5. The Balaban J connectivity index is 1.96. The van der Waals surface area contributed by atoms with Gasteiger partial charge in [0.25, 0.3) is 0 Å². The van der Waals surface area contributed by atoms with Crippen LogP contribution in [0.25, 0.3) is 0 Å². The molecular weight excluding hydrogens is 320 g/mol. The first-order valence-corrected chi connectivity index (χ1v) is 8.38. The highest BCUT2D eigenvalue weighted by Gasteiger charge is 2.48. The summed E-state index contributed by atoms with van der Waals surface area (Å²) in [6.07, 6.45) is -0.202. The molecule has 1 saturated heterocycles. The maximum Gasteiger partial charge on any atom is 0.200 e. The highest BCUT2D eigenvalue weighted by Crippen LogP contribution is 2.43. The van der Waals surface area contributed by atoms with E-state index in [0.717, 1.165) is 11.3 Å². The number of nitrogens with two attached hydrogens (primary N) is 1. The van der Waals surface area contributed by atoms with Crippen LogP contribution in [0.2, 0.25) is 0 Å². The van der Waals surface area contributed by atoms with Crippen molar-refractivity contribution < 1.29 is 14.2 Å². The van der Waals surface area contributed by atoms with Crippen LogP contribution >= 0.6 is 0 Å². The summed E-state index contributed by atoms with van der Waals surface area (Å²) in [5.41, 5.74) is 13.7. The topological polar surface area (TPSA) is 102 Å². The Morgan fingerprint density at radius 1 is 1.28 bits per heavy atom. The molecule has 0 aliphatic carbocycles. The summed E-state index contributed by atoms with van der Waals surface area (Å²) in [4.78, 5) is 0. The number of nitriles is 1. The number of fused-ring (bicyclic) bond motifs is 1. The minimum Gasteiger partial charge on any atom is -0.491 e. The van der Waals surface area contributed by atoms with Gasteiger partial charge in [-0.05, 0) is 31.5 Å². The van der Waals surface area contributed by atoms with Crippen molar-refractivity contribution in [2.75, 3.05) is 13.7 Å². The fourth-order valence-electron chi connectivity index (χ4n) is 3.53. The van der Waals surface area contributed by atoms with Gasteiger partial charge in [-0.2, -0.15) is 5.26 Å². The lowest BCUT2D eigenvalue weighted by atomic mass is 9.76. The average molecular weight is 344 g/mol. The summed E-state index contributed by atoms with van der Waals surface area (Å²) in [5, 5.41) is 9.64. The van der Waals surface area contributed by atoms with Crippen molar-refractivity contribution in [1.82, 2.24) is 10.9 Å². The molecule has 0 spiro atoms. The number of methoxy groups -OCH3 is 1. The largest absolute Gasteiger partial charge is 0.491 e. The monoisotopic (exact) mass is 344 g/mol. The summed E-state index contributed by atoms with van der Waals surface area (Å²) in [6, 6.07) is 10.0. The SMILES string of the molecule is COCC1NNC2OC(N)=C(C#N)C(c3ccc(OC(C)C)cc3)C12. The van der Waals surface area contributed by atoms with Crippen molar-refractivity contribution in [2.24, 2.45) is 11.7 Å². The third-order valence-corrected chi connectivity index (χ3v) is 4.52. The third kappa shape index (κ3) is 3.42. The molecule has 0 aromatic heterocycles. The molecule has 0 saturated carbocycles. The quantitative estimate of drug-likeness (QED) is 0.741. The number of rotatable bonds is 5. The normalized spacial score (nSPS) is 28.4. The van der Waals surface area contributed by atoms with Crippen LogP contribution in [0.5, 0.6) is 5.75 Å². The van der Waals surface area contributed by atoms with Gasteiger partial charge in [0.15, 0.2) is 6.23 Å². The van der Waals surface area contributed by atoms with Crippen LogP contribution in [0.3, 0.4) is 0 Å². The van der Waals surface area contributed by atoms with Gasteiger partial charge >= 0.3 is 0 Å². The van der Waals surface area contributed by atoms with Crippen molar-refractivity contribution >= 4 is 0 Å². The summed E-state index contributed by atoms with van der Waals surface area (Å²) < 4.78 is 16.7. The molecule has 0 radical (unpaired) electrons. The summed E-state index contributed by atoms with van der Waals surface area (Å²) in [5.74, 6) is 0.774. The fourth-order valence-corrected chi connectivity index (χ4v) is 3.53. The van der Waals surface area contributed by atoms with E-state index in [4.69, 9.17) is 19.9 Å². The lowest BCUT2D eigenvalue weighted by molar-refractivity contribution is 0.0279. The van der Waals surface area contributed by atoms with E-state index in [0.29, 0.717) is 12.2 Å². The Morgan fingerprint density at radius 2 is 2.00 bits per heavy atom. The average Bonchev–Trinajstić information content (AvgIpc) is 2.96. The lowest BCUT2D eigenvalue weighted by Gasteiger charge is -2.35. The molecule has 3 rings (SSSR count). The Labute approximate surface area is 147 Å². The van der Waals surface area contributed by atoms with Crippen LogP contribution in [0.1, 0.15) is 25.3 Å². The first-order chi connectivity index (χ1) is 12.0. The van der Waals surface area contributed by atoms with Crippen molar-refractivity contribution in [2.45, 2.75) is 38.1 Å². The Kier molecular flexibility index (Phi) is 5.13. The van der Waals surface area contributed by atoms with Gasteiger partial charge in [0.1, 0.15) is 11.8 Å². The molecule has 0 amide bonds. The van der Waals surface area contributed by atoms with Crippen molar-refractivity contribution in [1.29, 1.82) is 5.26 Å². The molecule has 4 unspecified atom stereocenters. The van der Waals surface area contributed by atoms with E-state index < -0.39 is 0 Å². The minimum absolute atomic E-state index is 0.00282. The second-order valence-corrected chi connectivity index (χ2v) is 6.57. The number of nitrogens with one attached hydrogen (secondary N) is 2. The van der Waals surface area contributed by atoms with Crippen LogP contribution in [0, 0.1) is 17.2 Å². The Morgan fingerprint density at radius 3 is 2.60 bits per heavy atom. The number of hydrazine groups is 1. The highest BCUT2D eigenvalue weighted by atomic mass is 16.5. The van der Waals surface area contributed by atoms with Gasteiger partial charge in [0, 0.05) is 18.9 Å². The fraction of sp³-hybridized carbons (Fsp3) is 0.500. The molecular formula is C18H24N4O3. The zero-order valence-electron chi connectivity index (χ0n) is 14.7. The van der Waals surface area contributed by atoms with Gasteiger partial charge in [0.2, 0.25) is 5.88 Å². The van der Waals surface area contributed by atoms with Gasteiger partial charge in [-0.15, -0.1) is 0 Å². The molecule has 2 aliphatic heterocycles. The summed E-state index contributed by atoms with van der Waals surface area (Å²) >= 11 is 0. The van der Waals surface area contributed by atoms with Gasteiger partial charge < -0.3 is 19.9 Å². The third-order valence-electron chi connectivity index (χ3n) is 4.52. The van der Waals surface area contributed by atoms with Crippen molar-refractivity contribution in [3.8, 4) is 11.8 Å². The van der Waals surface area contributed by atoms with E-state index in [9.17, 15) is 5.26 Å². The van der Waals surface area contributed by atoms with Crippen LogP contribution in [0.4, 0.5) is 0 Å². The lowest BCUT2D eigenvalue weighted by Crippen LogP contribution is -2.42. The zero-order valence-corrected chi connectivity index (χ0v) is 14.7. The molecule has 7 heteroatoms. The zero-order chi connectivity index (χ0) is 18.0. The predicted molar refractivity (Wildman–Crippen MR) is 92.1 cm³/mol. The molecule has 2 aliphatic rings. The maximum absolute atomic E-state index is 9.64. The van der Waals surface area contributed by atoms with Crippen LogP contribution < -0.4 is 21.3 Å². The second-order valence-electron chi connectivity index (χ2n) is 6.57.